The van der Waals surface area contributed by atoms with Crippen LogP contribution in [0.3, 0.4) is 0 Å². The lowest BCUT2D eigenvalue weighted by atomic mass is 10.2. The zero-order valence-corrected chi connectivity index (χ0v) is 18.1. The maximum Gasteiger partial charge on any atom is 0.265 e. The molecule has 31 heavy (non-hydrogen) atoms. The highest BCUT2D eigenvalue weighted by molar-refractivity contribution is 7.92. The third kappa shape index (κ3) is 6.19. The van der Waals surface area contributed by atoms with Gasteiger partial charge in [-0.05, 0) is 73.2 Å². The molecule has 6 nitrogen and oxygen atoms in total. The molecule has 0 aliphatic heterocycles. The van der Waals surface area contributed by atoms with Crippen molar-refractivity contribution in [2.45, 2.75) is 24.3 Å². The molecule has 0 aliphatic rings. The van der Waals surface area contributed by atoms with Crippen LogP contribution in [0.5, 0.6) is 5.75 Å². The van der Waals surface area contributed by atoms with Crippen molar-refractivity contribution in [2.75, 3.05) is 10.0 Å². The van der Waals surface area contributed by atoms with Crippen molar-refractivity contribution in [1.82, 2.24) is 0 Å². The zero-order valence-electron chi connectivity index (χ0n) is 16.5. The highest BCUT2D eigenvalue weighted by Crippen LogP contribution is 2.21. The highest BCUT2D eigenvalue weighted by atomic mass is 35.5. The Bertz CT molecular complexity index is 1150. The lowest BCUT2D eigenvalue weighted by molar-refractivity contribution is -0.122. The van der Waals surface area contributed by atoms with Crippen LogP contribution in [0, 0.1) is 5.82 Å². The van der Waals surface area contributed by atoms with Crippen molar-refractivity contribution in [3.63, 3.8) is 0 Å². The largest absolute Gasteiger partial charge is 0.481 e. The van der Waals surface area contributed by atoms with Gasteiger partial charge >= 0.3 is 0 Å². The van der Waals surface area contributed by atoms with Crippen molar-refractivity contribution in [3.8, 4) is 5.75 Å². The van der Waals surface area contributed by atoms with Gasteiger partial charge < -0.3 is 10.1 Å². The Hall–Kier alpha value is -3.10. The van der Waals surface area contributed by atoms with E-state index in [2.05, 4.69) is 10.0 Å². The number of carbonyl (C=O) groups excluding carboxylic acids is 1. The number of sulfonamides is 1. The number of ether oxygens (including phenoxy) is 1. The Morgan fingerprint density at radius 3 is 2.29 bits per heavy atom. The maximum atomic E-state index is 13.0. The molecule has 9 heteroatoms. The predicted molar refractivity (Wildman–Crippen MR) is 118 cm³/mol. The van der Waals surface area contributed by atoms with Crippen molar-refractivity contribution < 1.29 is 22.3 Å². The van der Waals surface area contributed by atoms with Crippen LogP contribution < -0.4 is 14.8 Å². The van der Waals surface area contributed by atoms with Gasteiger partial charge in [0.05, 0.1) is 4.90 Å². The summed E-state index contributed by atoms with van der Waals surface area (Å²) in [4.78, 5) is 12.6. The summed E-state index contributed by atoms with van der Waals surface area (Å²) in [7, 11) is -3.86. The first-order valence-electron chi connectivity index (χ1n) is 9.38. The van der Waals surface area contributed by atoms with Crippen molar-refractivity contribution >= 4 is 38.9 Å². The van der Waals surface area contributed by atoms with E-state index in [4.69, 9.17) is 16.3 Å². The number of rotatable bonds is 8. The van der Waals surface area contributed by atoms with Crippen LogP contribution in [-0.4, -0.2) is 20.4 Å². The summed E-state index contributed by atoms with van der Waals surface area (Å²) in [5, 5.41) is 3.21. The van der Waals surface area contributed by atoms with Crippen molar-refractivity contribution in [2.24, 2.45) is 0 Å². The standard InChI is InChI=1S/C22H20ClFN2O4S/c1-2-21(30-19-5-3-4-15(23)14-19)22(27)25-17-10-12-20(13-11-17)31(28,29)26-18-8-6-16(24)7-9-18/h3-14,21,26H,2H2,1H3,(H,25,27). The van der Waals surface area contributed by atoms with E-state index in [1.807, 2.05) is 6.92 Å². The van der Waals surface area contributed by atoms with Gasteiger partial charge in [0.2, 0.25) is 0 Å². The number of amides is 1. The molecule has 1 amide bonds. The second-order valence-corrected chi connectivity index (χ2v) is 8.72. The Balaban J connectivity index is 1.66. The first kappa shape index (κ1) is 22.6. The zero-order chi connectivity index (χ0) is 22.4. The Morgan fingerprint density at radius 1 is 1.03 bits per heavy atom. The second-order valence-electron chi connectivity index (χ2n) is 6.60. The molecule has 2 N–H and O–H groups in total. The van der Waals surface area contributed by atoms with Gasteiger partial charge in [-0.3, -0.25) is 9.52 Å². The van der Waals surface area contributed by atoms with Gasteiger partial charge in [-0.1, -0.05) is 24.6 Å². The van der Waals surface area contributed by atoms with E-state index in [9.17, 15) is 17.6 Å². The molecular formula is C22H20ClFN2O4S. The normalized spacial score (nSPS) is 12.1. The number of nitrogens with one attached hydrogen (secondary N) is 2. The van der Waals surface area contributed by atoms with Gasteiger partial charge in [0, 0.05) is 16.4 Å². The van der Waals surface area contributed by atoms with Gasteiger partial charge in [-0.15, -0.1) is 0 Å². The monoisotopic (exact) mass is 462 g/mol. The molecule has 0 aliphatic carbocycles. The van der Waals surface area contributed by atoms with E-state index >= 15 is 0 Å². The highest BCUT2D eigenvalue weighted by Gasteiger charge is 2.19. The second kappa shape index (κ2) is 9.80. The Morgan fingerprint density at radius 2 is 1.68 bits per heavy atom. The SMILES string of the molecule is CCC(Oc1cccc(Cl)c1)C(=O)Nc1ccc(S(=O)(=O)Nc2ccc(F)cc2)cc1. The molecule has 0 fully saturated rings. The lowest BCUT2D eigenvalue weighted by Crippen LogP contribution is -2.32. The number of halogens is 2. The minimum atomic E-state index is -3.86. The van der Waals surface area contributed by atoms with Gasteiger partial charge in [0.25, 0.3) is 15.9 Å². The lowest BCUT2D eigenvalue weighted by Gasteiger charge is -2.17. The molecule has 0 spiro atoms. The van der Waals surface area contributed by atoms with E-state index in [0.717, 1.165) is 12.1 Å². The topological polar surface area (TPSA) is 84.5 Å². The molecule has 3 rings (SSSR count). The van der Waals surface area contributed by atoms with Gasteiger partial charge in [-0.25, -0.2) is 12.8 Å². The molecule has 3 aromatic carbocycles. The Labute approximate surface area is 185 Å². The van der Waals surface area contributed by atoms with Crippen LogP contribution in [0.2, 0.25) is 5.02 Å². The van der Waals surface area contributed by atoms with Crippen LogP contribution in [0.1, 0.15) is 13.3 Å². The van der Waals surface area contributed by atoms with Crippen LogP contribution >= 0.6 is 11.6 Å². The summed E-state index contributed by atoms with van der Waals surface area (Å²) in [6, 6.07) is 17.4. The number of hydrogen-bond donors (Lipinski definition) is 2. The average Bonchev–Trinajstić information content (AvgIpc) is 2.74. The smallest absolute Gasteiger partial charge is 0.265 e. The minimum Gasteiger partial charge on any atom is -0.481 e. The number of hydrogen-bond acceptors (Lipinski definition) is 4. The van der Waals surface area contributed by atoms with Crippen LogP contribution in [0.25, 0.3) is 0 Å². The molecule has 0 bridgehead atoms. The first-order valence-corrected chi connectivity index (χ1v) is 11.2. The molecule has 0 saturated heterocycles. The molecule has 3 aromatic rings. The molecule has 0 radical (unpaired) electrons. The van der Waals surface area contributed by atoms with E-state index in [0.29, 0.717) is 22.9 Å². The third-order valence-corrected chi connectivity index (χ3v) is 5.90. The van der Waals surface area contributed by atoms with Gasteiger partial charge in [0.1, 0.15) is 11.6 Å². The van der Waals surface area contributed by atoms with E-state index < -0.39 is 21.9 Å². The van der Waals surface area contributed by atoms with E-state index in [-0.39, 0.29) is 16.5 Å². The van der Waals surface area contributed by atoms with Crippen molar-refractivity contribution in [3.05, 3.63) is 83.6 Å². The predicted octanol–water partition coefficient (Wildman–Crippen LogP) is 5.08. The van der Waals surface area contributed by atoms with E-state index in [1.165, 1.54) is 36.4 Å². The average molecular weight is 463 g/mol. The van der Waals surface area contributed by atoms with Gasteiger partial charge in [-0.2, -0.15) is 0 Å². The molecule has 1 atom stereocenters. The van der Waals surface area contributed by atoms with Gasteiger partial charge in [0.15, 0.2) is 6.10 Å². The van der Waals surface area contributed by atoms with Crippen molar-refractivity contribution in [1.29, 1.82) is 0 Å². The summed E-state index contributed by atoms with van der Waals surface area (Å²) < 4.78 is 46.0. The molecule has 0 saturated carbocycles. The van der Waals surface area contributed by atoms with E-state index in [1.54, 1.807) is 24.3 Å². The molecular weight excluding hydrogens is 443 g/mol. The summed E-state index contributed by atoms with van der Waals surface area (Å²) in [6.07, 6.45) is -0.325. The fraction of sp³-hybridized carbons (Fsp3) is 0.136. The summed E-state index contributed by atoms with van der Waals surface area (Å²) in [5.74, 6) is -0.363. The third-order valence-electron chi connectivity index (χ3n) is 4.27. The minimum absolute atomic E-state index is 0.00274. The van der Waals surface area contributed by atoms with Crippen LogP contribution in [0.15, 0.2) is 77.7 Å². The Kier molecular flexibility index (Phi) is 7.14. The maximum absolute atomic E-state index is 13.0. The molecule has 0 aromatic heterocycles. The number of anilines is 2. The fourth-order valence-electron chi connectivity index (χ4n) is 2.70. The summed E-state index contributed by atoms with van der Waals surface area (Å²) in [5.41, 5.74) is 0.654. The number of carbonyl (C=O) groups is 1. The molecule has 1 unspecified atom stereocenters. The quantitative estimate of drug-likeness (QED) is 0.489. The van der Waals surface area contributed by atoms with Crippen LogP contribution in [0.4, 0.5) is 15.8 Å². The fourth-order valence-corrected chi connectivity index (χ4v) is 3.94. The van der Waals surface area contributed by atoms with Crippen LogP contribution in [-0.2, 0) is 14.8 Å². The molecule has 162 valence electrons. The summed E-state index contributed by atoms with van der Waals surface area (Å²) >= 11 is 5.94. The summed E-state index contributed by atoms with van der Waals surface area (Å²) in [6.45, 7) is 1.81. The first-order chi connectivity index (χ1) is 14.8. The molecule has 0 heterocycles. The number of benzene rings is 3.